The van der Waals surface area contributed by atoms with Crippen LogP contribution in [0.2, 0.25) is 0 Å². The van der Waals surface area contributed by atoms with Crippen LogP contribution in [0.15, 0.2) is 22.7 Å². The van der Waals surface area contributed by atoms with Crippen molar-refractivity contribution in [2.75, 3.05) is 0 Å². The van der Waals surface area contributed by atoms with E-state index in [4.69, 9.17) is 0 Å². The standard InChI is InChI=1S/C11H13BrO.K/c1-7(8-5-6-8)9-3-2-4-10(12)11(9)13;/h2-4,7-8,13H,5-6H2,1H3;/q;+1/p-1. The van der Waals surface area contributed by atoms with E-state index in [1.165, 1.54) is 12.8 Å². The Kier molecular flexibility index (Phi) is 5.15. The first-order valence-electron chi connectivity index (χ1n) is 4.65. The SMILES string of the molecule is CC(c1cccc(Br)c1[O-])C1CC1.[K+]. The number of hydrogen-bond acceptors (Lipinski definition) is 1. The van der Waals surface area contributed by atoms with Gasteiger partial charge in [0.15, 0.2) is 0 Å². The van der Waals surface area contributed by atoms with Crippen LogP contribution in [-0.4, -0.2) is 0 Å². The normalized spacial score (nSPS) is 17.3. The van der Waals surface area contributed by atoms with Gasteiger partial charge in [0, 0.05) is 4.47 Å². The van der Waals surface area contributed by atoms with Gasteiger partial charge in [-0.05, 0) is 30.7 Å². The second-order valence-electron chi connectivity index (χ2n) is 3.78. The molecule has 0 aromatic heterocycles. The molecular weight excluding hydrogens is 267 g/mol. The molecule has 0 bridgehead atoms. The molecule has 2 rings (SSSR count). The monoisotopic (exact) mass is 278 g/mol. The summed E-state index contributed by atoms with van der Waals surface area (Å²) >= 11 is 3.27. The van der Waals surface area contributed by atoms with Gasteiger partial charge in [-0.15, -0.1) is 0 Å². The van der Waals surface area contributed by atoms with E-state index in [1.54, 1.807) is 0 Å². The van der Waals surface area contributed by atoms with Crippen LogP contribution in [0, 0.1) is 5.92 Å². The zero-order valence-electron chi connectivity index (χ0n) is 8.59. The van der Waals surface area contributed by atoms with Crippen molar-refractivity contribution in [2.24, 2.45) is 5.92 Å². The van der Waals surface area contributed by atoms with Gasteiger partial charge in [0.2, 0.25) is 0 Å². The quantitative estimate of drug-likeness (QED) is 0.701. The van der Waals surface area contributed by atoms with Gasteiger partial charge in [-0.1, -0.05) is 46.3 Å². The predicted octanol–water partition coefficient (Wildman–Crippen LogP) is 0.0402. The molecule has 1 fully saturated rings. The molecule has 3 heteroatoms. The van der Waals surface area contributed by atoms with Crippen LogP contribution < -0.4 is 56.5 Å². The summed E-state index contributed by atoms with van der Waals surface area (Å²) in [6.07, 6.45) is 2.57. The third-order valence-electron chi connectivity index (χ3n) is 2.82. The molecule has 0 heterocycles. The minimum Gasteiger partial charge on any atom is -0.872 e. The van der Waals surface area contributed by atoms with E-state index in [9.17, 15) is 5.11 Å². The number of hydrogen-bond donors (Lipinski definition) is 0. The molecule has 70 valence electrons. The predicted molar refractivity (Wildman–Crippen MR) is 54.7 cm³/mol. The minimum atomic E-state index is 0. The van der Waals surface area contributed by atoms with Crippen LogP contribution >= 0.6 is 15.9 Å². The van der Waals surface area contributed by atoms with E-state index >= 15 is 0 Å². The Hall–Kier alpha value is 1.14. The van der Waals surface area contributed by atoms with Crippen LogP contribution in [0.3, 0.4) is 0 Å². The second-order valence-corrected chi connectivity index (χ2v) is 4.64. The van der Waals surface area contributed by atoms with E-state index in [2.05, 4.69) is 22.9 Å². The van der Waals surface area contributed by atoms with Crippen molar-refractivity contribution in [3.8, 4) is 5.75 Å². The zero-order valence-corrected chi connectivity index (χ0v) is 13.3. The molecule has 1 aliphatic rings. The summed E-state index contributed by atoms with van der Waals surface area (Å²) in [7, 11) is 0. The molecule has 1 atom stereocenters. The maximum absolute atomic E-state index is 11.7. The average molecular weight is 279 g/mol. The smallest absolute Gasteiger partial charge is 0.872 e. The van der Waals surface area contributed by atoms with Crippen molar-refractivity contribution in [3.05, 3.63) is 28.2 Å². The Morgan fingerprint density at radius 1 is 1.43 bits per heavy atom. The molecule has 1 aromatic carbocycles. The van der Waals surface area contributed by atoms with Gasteiger partial charge in [0.05, 0.1) is 0 Å². The molecule has 14 heavy (non-hydrogen) atoms. The Morgan fingerprint density at radius 2 is 2.07 bits per heavy atom. The van der Waals surface area contributed by atoms with E-state index < -0.39 is 0 Å². The largest absolute Gasteiger partial charge is 1.00 e. The van der Waals surface area contributed by atoms with Crippen LogP contribution in [-0.2, 0) is 0 Å². The van der Waals surface area contributed by atoms with Crippen molar-refractivity contribution in [3.63, 3.8) is 0 Å². The third kappa shape index (κ3) is 2.83. The number of benzene rings is 1. The van der Waals surface area contributed by atoms with Gasteiger partial charge in [-0.2, -0.15) is 0 Å². The van der Waals surface area contributed by atoms with Gasteiger partial charge < -0.3 is 5.11 Å². The van der Waals surface area contributed by atoms with E-state index in [-0.39, 0.29) is 57.1 Å². The molecule has 0 aliphatic heterocycles. The van der Waals surface area contributed by atoms with Crippen molar-refractivity contribution in [1.82, 2.24) is 0 Å². The molecule has 0 N–H and O–H groups in total. The number of halogens is 1. The van der Waals surface area contributed by atoms with Gasteiger partial charge in [0.25, 0.3) is 0 Å². The first-order chi connectivity index (χ1) is 6.20. The zero-order chi connectivity index (χ0) is 9.42. The third-order valence-corrected chi connectivity index (χ3v) is 3.44. The molecular formula is C11H12BrKO. The maximum Gasteiger partial charge on any atom is 1.00 e. The fraction of sp³-hybridized carbons (Fsp3) is 0.455. The van der Waals surface area contributed by atoms with Gasteiger partial charge >= 0.3 is 51.4 Å². The van der Waals surface area contributed by atoms with Crippen LogP contribution in [0.5, 0.6) is 5.75 Å². The Bertz CT molecular complexity index is 323. The Labute approximate surface area is 136 Å². The molecule has 1 nitrogen and oxygen atoms in total. The van der Waals surface area contributed by atoms with Crippen LogP contribution in [0.25, 0.3) is 0 Å². The molecule has 1 aliphatic carbocycles. The first kappa shape index (κ1) is 13.2. The molecule has 0 spiro atoms. The molecule has 0 saturated heterocycles. The maximum atomic E-state index is 11.7. The summed E-state index contributed by atoms with van der Waals surface area (Å²) in [5.41, 5.74) is 0.969. The average Bonchev–Trinajstić information content (AvgIpc) is 2.91. The van der Waals surface area contributed by atoms with Crippen molar-refractivity contribution in [2.45, 2.75) is 25.7 Å². The molecule has 0 radical (unpaired) electrons. The summed E-state index contributed by atoms with van der Waals surface area (Å²) in [6, 6.07) is 5.71. The molecule has 1 saturated carbocycles. The minimum absolute atomic E-state index is 0. The van der Waals surface area contributed by atoms with Crippen LogP contribution in [0.1, 0.15) is 31.2 Å². The van der Waals surface area contributed by atoms with Crippen molar-refractivity contribution >= 4 is 15.9 Å². The fourth-order valence-corrected chi connectivity index (χ4v) is 2.12. The summed E-state index contributed by atoms with van der Waals surface area (Å²) in [5.74, 6) is 1.36. The number of rotatable bonds is 2. The van der Waals surface area contributed by atoms with E-state index in [1.807, 2.05) is 18.2 Å². The van der Waals surface area contributed by atoms with Gasteiger partial charge in [0.1, 0.15) is 0 Å². The molecule has 1 unspecified atom stereocenters. The van der Waals surface area contributed by atoms with Crippen LogP contribution in [0.4, 0.5) is 0 Å². The second kappa shape index (κ2) is 5.46. The topological polar surface area (TPSA) is 23.1 Å². The Morgan fingerprint density at radius 3 is 2.64 bits per heavy atom. The van der Waals surface area contributed by atoms with Crippen molar-refractivity contribution < 1.29 is 56.5 Å². The summed E-state index contributed by atoms with van der Waals surface area (Å²) in [6.45, 7) is 2.15. The van der Waals surface area contributed by atoms with E-state index in [0.29, 0.717) is 10.4 Å². The number of para-hydroxylation sites is 1. The summed E-state index contributed by atoms with van der Waals surface area (Å²) < 4.78 is 0.692. The molecule has 1 aromatic rings. The Balaban J connectivity index is 0.000000980. The van der Waals surface area contributed by atoms with Gasteiger partial charge in [-0.25, -0.2) is 0 Å². The van der Waals surface area contributed by atoms with Crippen molar-refractivity contribution in [1.29, 1.82) is 0 Å². The van der Waals surface area contributed by atoms with E-state index in [0.717, 1.165) is 11.5 Å². The first-order valence-corrected chi connectivity index (χ1v) is 5.45. The fourth-order valence-electron chi connectivity index (χ4n) is 1.73. The molecule has 0 amide bonds. The summed E-state index contributed by atoms with van der Waals surface area (Å²) in [4.78, 5) is 0. The van der Waals surface area contributed by atoms with Gasteiger partial charge in [-0.3, -0.25) is 0 Å². The summed E-state index contributed by atoms with van der Waals surface area (Å²) in [5, 5.41) is 11.7.